The maximum Gasteiger partial charge on any atom is 0.276 e. The van der Waals surface area contributed by atoms with Gasteiger partial charge in [0.05, 0.1) is 0 Å². The van der Waals surface area contributed by atoms with E-state index in [0.717, 1.165) is 25.9 Å². The first kappa shape index (κ1) is 12.8. The van der Waals surface area contributed by atoms with Crippen LogP contribution in [0.5, 0.6) is 5.75 Å². The molecule has 1 amide bonds. The van der Waals surface area contributed by atoms with Gasteiger partial charge in [0, 0.05) is 19.3 Å². The maximum atomic E-state index is 12.2. The lowest BCUT2D eigenvalue weighted by Gasteiger charge is -2.34. The van der Waals surface area contributed by atoms with Gasteiger partial charge >= 0.3 is 0 Å². The highest BCUT2D eigenvalue weighted by Gasteiger charge is 2.26. The lowest BCUT2D eigenvalue weighted by molar-refractivity contribution is 0.0650. The number of aromatic hydroxyl groups is 1. The van der Waals surface area contributed by atoms with Gasteiger partial charge in [-0.1, -0.05) is 0 Å². The average molecular weight is 249 g/mol. The summed E-state index contributed by atoms with van der Waals surface area (Å²) in [6.45, 7) is 1.99. The number of hydrogen-bond acceptors (Lipinski definition) is 4. The molecule has 18 heavy (non-hydrogen) atoms. The molecular formula is C13H19N3O2. The van der Waals surface area contributed by atoms with Crippen molar-refractivity contribution in [1.29, 1.82) is 0 Å². The summed E-state index contributed by atoms with van der Waals surface area (Å²) in [5, 5.41) is 9.65. The summed E-state index contributed by atoms with van der Waals surface area (Å²) in [6, 6.07) is 3.33. The fourth-order valence-corrected chi connectivity index (χ4v) is 2.28. The topological polar surface area (TPSA) is 56.7 Å². The van der Waals surface area contributed by atoms with Gasteiger partial charge < -0.3 is 14.9 Å². The molecule has 0 atom stereocenters. The van der Waals surface area contributed by atoms with Crippen LogP contribution >= 0.6 is 0 Å². The Morgan fingerprint density at radius 2 is 2.17 bits per heavy atom. The van der Waals surface area contributed by atoms with Crippen LogP contribution in [0.4, 0.5) is 0 Å². The number of rotatable bonds is 2. The molecule has 5 nitrogen and oxygen atoms in total. The smallest absolute Gasteiger partial charge is 0.276 e. The van der Waals surface area contributed by atoms with Gasteiger partial charge in [-0.15, -0.1) is 0 Å². The molecule has 1 N–H and O–H groups in total. The van der Waals surface area contributed by atoms with Crippen LogP contribution in [-0.4, -0.2) is 59.0 Å². The van der Waals surface area contributed by atoms with Crippen molar-refractivity contribution in [3.05, 3.63) is 24.0 Å². The summed E-state index contributed by atoms with van der Waals surface area (Å²) in [7, 11) is 3.87. The summed E-state index contributed by atoms with van der Waals surface area (Å²) in [5.41, 5.74) is 0.138. The molecule has 98 valence electrons. The van der Waals surface area contributed by atoms with Crippen molar-refractivity contribution in [1.82, 2.24) is 14.8 Å². The molecule has 0 bridgehead atoms. The van der Waals surface area contributed by atoms with Gasteiger partial charge in [0.15, 0.2) is 5.69 Å². The molecule has 1 aliphatic rings. The third kappa shape index (κ3) is 2.61. The van der Waals surface area contributed by atoms with Gasteiger partial charge in [-0.3, -0.25) is 4.79 Å². The molecule has 0 aliphatic carbocycles. The number of amides is 1. The van der Waals surface area contributed by atoms with E-state index >= 15 is 0 Å². The lowest BCUT2D eigenvalue weighted by Crippen LogP contribution is -2.44. The summed E-state index contributed by atoms with van der Waals surface area (Å²) < 4.78 is 0. The van der Waals surface area contributed by atoms with Crippen molar-refractivity contribution >= 4 is 5.91 Å². The summed E-state index contributed by atoms with van der Waals surface area (Å²) in [5.74, 6) is -0.259. The maximum absolute atomic E-state index is 12.2. The van der Waals surface area contributed by atoms with Crippen molar-refractivity contribution in [3.63, 3.8) is 0 Å². The van der Waals surface area contributed by atoms with E-state index in [4.69, 9.17) is 0 Å². The number of carbonyl (C=O) groups is 1. The molecule has 1 saturated heterocycles. The Hall–Kier alpha value is -1.62. The first-order valence-corrected chi connectivity index (χ1v) is 6.19. The highest BCUT2D eigenvalue weighted by molar-refractivity contribution is 5.94. The highest BCUT2D eigenvalue weighted by Crippen LogP contribution is 2.19. The van der Waals surface area contributed by atoms with Gasteiger partial charge in [0.2, 0.25) is 0 Å². The van der Waals surface area contributed by atoms with Crippen molar-refractivity contribution in [3.8, 4) is 5.75 Å². The Morgan fingerprint density at radius 1 is 1.50 bits per heavy atom. The van der Waals surface area contributed by atoms with Crippen molar-refractivity contribution in [2.45, 2.75) is 18.9 Å². The Balaban J connectivity index is 2.07. The molecule has 1 aromatic rings. The summed E-state index contributed by atoms with van der Waals surface area (Å²) in [6.07, 6.45) is 3.45. The second kappa shape index (κ2) is 5.35. The molecular weight excluding hydrogens is 230 g/mol. The minimum atomic E-state index is -0.206. The molecule has 0 spiro atoms. The van der Waals surface area contributed by atoms with Crippen molar-refractivity contribution < 1.29 is 9.90 Å². The Kier molecular flexibility index (Phi) is 3.81. The van der Waals surface area contributed by atoms with E-state index in [9.17, 15) is 9.90 Å². The molecule has 1 aromatic heterocycles. The van der Waals surface area contributed by atoms with E-state index in [1.165, 1.54) is 12.3 Å². The van der Waals surface area contributed by atoms with Crippen molar-refractivity contribution in [2.24, 2.45) is 0 Å². The standard InChI is InChI=1S/C13H19N3O2/c1-15-8-5-10(6-9-15)16(2)13(18)12-11(17)4-3-7-14-12/h3-4,7,10,17H,5-6,8-9H2,1-2H3. The SMILES string of the molecule is CN1CCC(N(C)C(=O)c2ncccc2O)CC1. The number of nitrogens with zero attached hydrogens (tertiary/aromatic N) is 3. The van der Waals surface area contributed by atoms with Crippen LogP contribution in [0.25, 0.3) is 0 Å². The van der Waals surface area contributed by atoms with Crippen LogP contribution in [0.1, 0.15) is 23.3 Å². The molecule has 1 aliphatic heterocycles. The fourth-order valence-electron chi connectivity index (χ4n) is 2.28. The molecule has 0 saturated carbocycles. The molecule has 1 fully saturated rings. The number of carbonyl (C=O) groups excluding carboxylic acids is 1. The minimum absolute atomic E-state index is 0.0534. The molecule has 0 unspecified atom stereocenters. The molecule has 5 heteroatoms. The van der Waals surface area contributed by atoms with Crippen LogP contribution in [-0.2, 0) is 0 Å². The highest BCUT2D eigenvalue weighted by atomic mass is 16.3. The zero-order chi connectivity index (χ0) is 13.1. The number of hydrogen-bond donors (Lipinski definition) is 1. The van der Waals surface area contributed by atoms with Gasteiger partial charge in [0.25, 0.3) is 5.91 Å². The van der Waals surface area contributed by atoms with E-state index in [-0.39, 0.29) is 23.4 Å². The van der Waals surface area contributed by atoms with E-state index in [2.05, 4.69) is 16.9 Å². The van der Waals surface area contributed by atoms with Crippen LogP contribution in [0.15, 0.2) is 18.3 Å². The molecule has 2 rings (SSSR count). The average Bonchev–Trinajstić information content (AvgIpc) is 2.38. The summed E-state index contributed by atoms with van der Waals surface area (Å²) >= 11 is 0. The predicted molar refractivity (Wildman–Crippen MR) is 68.5 cm³/mol. The second-order valence-corrected chi connectivity index (χ2v) is 4.82. The molecule has 0 radical (unpaired) electrons. The van der Waals surface area contributed by atoms with E-state index in [1.807, 2.05) is 0 Å². The van der Waals surface area contributed by atoms with Gasteiger partial charge in [-0.05, 0) is 45.1 Å². The van der Waals surface area contributed by atoms with E-state index in [0.29, 0.717) is 0 Å². The monoisotopic (exact) mass is 249 g/mol. The third-order valence-corrected chi connectivity index (χ3v) is 3.55. The van der Waals surface area contributed by atoms with Crippen LogP contribution < -0.4 is 0 Å². The van der Waals surface area contributed by atoms with Gasteiger partial charge in [-0.2, -0.15) is 0 Å². The first-order chi connectivity index (χ1) is 8.59. The molecule has 2 heterocycles. The quantitative estimate of drug-likeness (QED) is 0.848. The zero-order valence-electron chi connectivity index (χ0n) is 10.8. The molecule has 0 aromatic carbocycles. The second-order valence-electron chi connectivity index (χ2n) is 4.82. The Labute approximate surface area is 107 Å². The minimum Gasteiger partial charge on any atom is -0.505 e. The van der Waals surface area contributed by atoms with E-state index < -0.39 is 0 Å². The number of aromatic nitrogens is 1. The number of pyridine rings is 1. The van der Waals surface area contributed by atoms with Gasteiger partial charge in [0.1, 0.15) is 5.75 Å². The Bertz CT molecular complexity index is 428. The predicted octanol–water partition coefficient (Wildman–Crippen LogP) is 0.953. The van der Waals surface area contributed by atoms with E-state index in [1.54, 1.807) is 18.0 Å². The number of piperidine rings is 1. The summed E-state index contributed by atoms with van der Waals surface area (Å²) in [4.78, 5) is 20.2. The van der Waals surface area contributed by atoms with Crippen LogP contribution in [0.3, 0.4) is 0 Å². The Morgan fingerprint density at radius 3 is 2.78 bits per heavy atom. The third-order valence-electron chi connectivity index (χ3n) is 3.55. The van der Waals surface area contributed by atoms with Crippen molar-refractivity contribution in [2.75, 3.05) is 27.2 Å². The van der Waals surface area contributed by atoms with Crippen LogP contribution in [0, 0.1) is 0 Å². The zero-order valence-corrected chi connectivity index (χ0v) is 10.8. The fraction of sp³-hybridized carbons (Fsp3) is 0.538. The lowest BCUT2D eigenvalue weighted by atomic mass is 10.0. The normalized spacial score (nSPS) is 17.7. The largest absolute Gasteiger partial charge is 0.505 e. The van der Waals surface area contributed by atoms with Gasteiger partial charge in [-0.25, -0.2) is 4.98 Å². The van der Waals surface area contributed by atoms with Crippen LogP contribution in [0.2, 0.25) is 0 Å². The number of likely N-dealkylation sites (tertiary alicyclic amines) is 1. The first-order valence-electron chi connectivity index (χ1n) is 6.19.